The van der Waals surface area contributed by atoms with Crippen molar-refractivity contribution < 1.29 is 29.0 Å². The summed E-state index contributed by atoms with van der Waals surface area (Å²) in [6.07, 6.45) is 1.17. The first kappa shape index (κ1) is 21.4. The summed E-state index contributed by atoms with van der Waals surface area (Å²) in [6.45, 7) is 1.76. The monoisotopic (exact) mass is 421 g/mol. The van der Waals surface area contributed by atoms with Gasteiger partial charge in [0.05, 0.1) is 18.3 Å². The molecule has 0 atom stereocenters. The second-order valence-corrected chi connectivity index (χ2v) is 6.43. The molecular weight excluding hydrogens is 402 g/mol. The SMILES string of the molecule is CO/C=C(/C(=O)O)c1cccc(Oc2cccc(Oc3ccc([N+](=O)[O-])cc3)c2)c1C. The van der Waals surface area contributed by atoms with Gasteiger partial charge in [-0.3, -0.25) is 10.1 Å². The molecule has 0 bridgehead atoms. The largest absolute Gasteiger partial charge is 0.503 e. The third kappa shape index (κ3) is 5.18. The van der Waals surface area contributed by atoms with Gasteiger partial charge in [0.25, 0.3) is 5.69 Å². The Morgan fingerprint density at radius 3 is 2.23 bits per heavy atom. The predicted molar refractivity (Wildman–Crippen MR) is 113 cm³/mol. The molecule has 0 fully saturated rings. The number of carboxylic acid groups (broad SMARTS) is 1. The number of methoxy groups -OCH3 is 1. The van der Waals surface area contributed by atoms with Gasteiger partial charge >= 0.3 is 5.97 Å². The Kier molecular flexibility index (Phi) is 6.51. The van der Waals surface area contributed by atoms with Crippen LogP contribution in [0.25, 0.3) is 5.57 Å². The van der Waals surface area contributed by atoms with Crippen LogP contribution in [0.15, 0.2) is 73.0 Å². The molecule has 0 spiro atoms. The molecule has 3 aromatic carbocycles. The Bertz CT molecular complexity index is 1140. The summed E-state index contributed by atoms with van der Waals surface area (Å²) in [7, 11) is 1.38. The summed E-state index contributed by atoms with van der Waals surface area (Å²) in [6, 6.07) is 17.7. The molecular formula is C23H19NO7. The van der Waals surface area contributed by atoms with Gasteiger partial charge in [0, 0.05) is 18.2 Å². The van der Waals surface area contributed by atoms with Gasteiger partial charge in [0.15, 0.2) is 0 Å². The van der Waals surface area contributed by atoms with Gasteiger partial charge in [-0.2, -0.15) is 0 Å². The molecule has 0 unspecified atom stereocenters. The number of non-ortho nitro benzene ring substituents is 1. The standard InChI is InChI=1S/C23H19NO7/c1-15-20(21(14-29-2)23(25)26)7-4-8-22(15)31-19-6-3-5-18(13-19)30-17-11-9-16(10-12-17)24(27)28/h3-14H,1-2H3,(H,25,26)/b21-14+. The van der Waals surface area contributed by atoms with E-state index < -0.39 is 10.9 Å². The highest BCUT2D eigenvalue weighted by Gasteiger charge is 2.16. The van der Waals surface area contributed by atoms with Gasteiger partial charge in [-0.25, -0.2) is 4.79 Å². The molecule has 0 aliphatic carbocycles. The van der Waals surface area contributed by atoms with Crippen LogP contribution in [0.2, 0.25) is 0 Å². The second-order valence-electron chi connectivity index (χ2n) is 6.43. The Morgan fingerprint density at radius 2 is 1.61 bits per heavy atom. The predicted octanol–water partition coefficient (Wildman–Crippen LogP) is 5.56. The van der Waals surface area contributed by atoms with E-state index in [0.29, 0.717) is 34.1 Å². The average molecular weight is 421 g/mol. The summed E-state index contributed by atoms with van der Waals surface area (Å²) in [5.41, 5.74) is 1.10. The van der Waals surface area contributed by atoms with Crippen LogP contribution in [0.1, 0.15) is 11.1 Å². The molecule has 3 rings (SSSR count). The molecule has 0 aliphatic rings. The van der Waals surface area contributed by atoms with Crippen LogP contribution in [0.3, 0.4) is 0 Å². The molecule has 31 heavy (non-hydrogen) atoms. The van der Waals surface area contributed by atoms with E-state index in [1.54, 1.807) is 49.4 Å². The summed E-state index contributed by atoms with van der Waals surface area (Å²) in [5, 5.41) is 20.2. The van der Waals surface area contributed by atoms with Crippen LogP contribution < -0.4 is 9.47 Å². The molecule has 0 heterocycles. The number of benzene rings is 3. The van der Waals surface area contributed by atoms with E-state index >= 15 is 0 Å². The van der Waals surface area contributed by atoms with Crippen LogP contribution in [0.5, 0.6) is 23.0 Å². The van der Waals surface area contributed by atoms with Gasteiger partial charge in [0.1, 0.15) is 28.6 Å². The highest BCUT2D eigenvalue weighted by atomic mass is 16.6. The molecule has 0 aliphatic heterocycles. The van der Waals surface area contributed by atoms with Crippen molar-refractivity contribution in [1.29, 1.82) is 0 Å². The van der Waals surface area contributed by atoms with E-state index in [2.05, 4.69) is 0 Å². The van der Waals surface area contributed by atoms with Crippen LogP contribution in [0, 0.1) is 17.0 Å². The van der Waals surface area contributed by atoms with E-state index in [0.717, 1.165) is 0 Å². The van der Waals surface area contributed by atoms with E-state index in [1.165, 1.54) is 37.6 Å². The van der Waals surface area contributed by atoms with Crippen molar-refractivity contribution in [2.24, 2.45) is 0 Å². The summed E-state index contributed by atoms with van der Waals surface area (Å²) < 4.78 is 16.6. The maximum atomic E-state index is 11.5. The van der Waals surface area contributed by atoms with Crippen molar-refractivity contribution in [3.63, 3.8) is 0 Å². The average Bonchev–Trinajstić information content (AvgIpc) is 2.74. The molecule has 8 nitrogen and oxygen atoms in total. The number of aliphatic carboxylic acids is 1. The Balaban J connectivity index is 1.83. The first-order valence-corrected chi connectivity index (χ1v) is 9.15. The number of nitrogens with zero attached hydrogens (tertiary/aromatic N) is 1. The first-order valence-electron chi connectivity index (χ1n) is 9.15. The van der Waals surface area contributed by atoms with Crippen molar-refractivity contribution in [2.75, 3.05) is 7.11 Å². The third-order valence-corrected chi connectivity index (χ3v) is 4.36. The molecule has 0 radical (unpaired) electrons. The fraction of sp³-hybridized carbons (Fsp3) is 0.0870. The number of hydrogen-bond donors (Lipinski definition) is 1. The van der Waals surface area contributed by atoms with Gasteiger partial charge in [-0.05, 0) is 48.4 Å². The molecule has 0 saturated heterocycles. The minimum absolute atomic E-state index is 0.0145. The maximum absolute atomic E-state index is 11.5. The topological polar surface area (TPSA) is 108 Å². The number of hydrogen-bond acceptors (Lipinski definition) is 6. The van der Waals surface area contributed by atoms with Gasteiger partial charge in [0.2, 0.25) is 0 Å². The second kappa shape index (κ2) is 9.45. The number of ether oxygens (including phenoxy) is 3. The zero-order valence-electron chi connectivity index (χ0n) is 16.8. The minimum Gasteiger partial charge on any atom is -0.503 e. The molecule has 8 heteroatoms. The van der Waals surface area contributed by atoms with Crippen LogP contribution >= 0.6 is 0 Å². The summed E-state index contributed by atoms with van der Waals surface area (Å²) in [4.78, 5) is 21.8. The third-order valence-electron chi connectivity index (χ3n) is 4.36. The van der Waals surface area contributed by atoms with E-state index in [1.807, 2.05) is 0 Å². The van der Waals surface area contributed by atoms with Crippen LogP contribution in [-0.4, -0.2) is 23.1 Å². The van der Waals surface area contributed by atoms with E-state index in [-0.39, 0.29) is 11.3 Å². The molecule has 158 valence electrons. The lowest BCUT2D eigenvalue weighted by Crippen LogP contribution is -2.03. The normalized spacial score (nSPS) is 11.0. The first-order chi connectivity index (χ1) is 14.9. The van der Waals surface area contributed by atoms with Crippen molar-refractivity contribution in [3.05, 3.63) is 94.2 Å². The minimum atomic E-state index is -1.11. The summed E-state index contributed by atoms with van der Waals surface area (Å²) >= 11 is 0. The van der Waals surface area contributed by atoms with E-state index in [4.69, 9.17) is 14.2 Å². The Hall–Kier alpha value is -4.33. The van der Waals surface area contributed by atoms with Crippen LogP contribution in [-0.2, 0) is 9.53 Å². The van der Waals surface area contributed by atoms with E-state index in [9.17, 15) is 20.0 Å². The number of nitro benzene ring substituents is 1. The van der Waals surface area contributed by atoms with Gasteiger partial charge in [-0.15, -0.1) is 0 Å². The number of carbonyl (C=O) groups is 1. The fourth-order valence-corrected chi connectivity index (χ4v) is 2.86. The highest BCUT2D eigenvalue weighted by molar-refractivity contribution is 6.15. The quantitative estimate of drug-likeness (QED) is 0.219. The lowest BCUT2D eigenvalue weighted by Gasteiger charge is -2.14. The van der Waals surface area contributed by atoms with Gasteiger partial charge < -0.3 is 19.3 Å². The Morgan fingerprint density at radius 1 is 0.968 bits per heavy atom. The van der Waals surface area contributed by atoms with Crippen molar-refractivity contribution in [1.82, 2.24) is 0 Å². The fourth-order valence-electron chi connectivity index (χ4n) is 2.86. The molecule has 0 saturated carbocycles. The molecule has 1 N–H and O–H groups in total. The lowest BCUT2D eigenvalue weighted by atomic mass is 10.0. The lowest BCUT2D eigenvalue weighted by molar-refractivity contribution is -0.384. The smallest absolute Gasteiger partial charge is 0.339 e. The zero-order chi connectivity index (χ0) is 22.4. The number of rotatable bonds is 8. The number of carboxylic acids is 1. The van der Waals surface area contributed by atoms with Crippen molar-refractivity contribution >= 4 is 17.2 Å². The maximum Gasteiger partial charge on any atom is 0.339 e. The van der Waals surface area contributed by atoms with Crippen molar-refractivity contribution in [2.45, 2.75) is 6.92 Å². The van der Waals surface area contributed by atoms with Crippen LogP contribution in [0.4, 0.5) is 5.69 Å². The number of nitro groups is 1. The zero-order valence-corrected chi connectivity index (χ0v) is 16.8. The van der Waals surface area contributed by atoms with Crippen molar-refractivity contribution in [3.8, 4) is 23.0 Å². The molecule has 0 aromatic heterocycles. The summed E-state index contributed by atoms with van der Waals surface area (Å²) in [5.74, 6) is 0.767. The highest BCUT2D eigenvalue weighted by Crippen LogP contribution is 2.33. The molecule has 3 aromatic rings. The molecule has 0 amide bonds. The van der Waals surface area contributed by atoms with Gasteiger partial charge in [-0.1, -0.05) is 18.2 Å². The Labute approximate surface area is 178 Å².